The highest BCUT2D eigenvalue weighted by Crippen LogP contribution is 2.14. The van der Waals surface area contributed by atoms with Gasteiger partial charge < -0.3 is 19.5 Å². The van der Waals surface area contributed by atoms with Crippen LogP contribution in [0.15, 0.2) is 54.6 Å². The van der Waals surface area contributed by atoms with E-state index in [1.54, 1.807) is 55.7 Å². The van der Waals surface area contributed by atoms with E-state index in [9.17, 15) is 14.4 Å². The molecule has 0 spiro atoms. The van der Waals surface area contributed by atoms with Gasteiger partial charge in [-0.15, -0.1) is 0 Å². The molecule has 30 heavy (non-hydrogen) atoms. The van der Waals surface area contributed by atoms with Crippen LogP contribution in [0.4, 0.5) is 5.69 Å². The molecule has 0 fully saturated rings. The van der Waals surface area contributed by atoms with Crippen LogP contribution in [0.1, 0.15) is 35.7 Å². The number of carbonyl (C=O) groups is 3. The maximum Gasteiger partial charge on any atom is 0.338 e. The molecule has 0 heterocycles. The van der Waals surface area contributed by atoms with Gasteiger partial charge in [-0.3, -0.25) is 4.79 Å². The van der Waals surface area contributed by atoms with Gasteiger partial charge in [0.2, 0.25) is 0 Å². The van der Waals surface area contributed by atoms with E-state index in [-0.39, 0.29) is 0 Å². The highest BCUT2D eigenvalue weighted by Gasteiger charge is 2.09. The Morgan fingerprint density at radius 2 is 1.80 bits per heavy atom. The van der Waals surface area contributed by atoms with Crippen molar-refractivity contribution in [2.75, 3.05) is 25.6 Å². The van der Waals surface area contributed by atoms with Crippen LogP contribution in [0.5, 0.6) is 5.75 Å². The van der Waals surface area contributed by atoms with Crippen LogP contribution < -0.4 is 10.1 Å². The number of ether oxygens (including phenoxy) is 3. The molecule has 0 aromatic heterocycles. The lowest BCUT2D eigenvalue weighted by Gasteiger charge is -2.07. The number of esters is 2. The summed E-state index contributed by atoms with van der Waals surface area (Å²) in [7, 11) is 1.56. The summed E-state index contributed by atoms with van der Waals surface area (Å²) in [6.07, 6.45) is 4.56. The molecule has 0 aliphatic carbocycles. The summed E-state index contributed by atoms with van der Waals surface area (Å²) in [4.78, 5) is 35.6. The molecule has 2 aromatic rings. The minimum atomic E-state index is -0.641. The highest BCUT2D eigenvalue weighted by atomic mass is 16.5. The zero-order valence-electron chi connectivity index (χ0n) is 17.1. The molecule has 7 heteroatoms. The minimum Gasteiger partial charge on any atom is -0.497 e. The number of nitrogens with one attached hydrogen (secondary N) is 1. The van der Waals surface area contributed by atoms with Crippen molar-refractivity contribution in [3.63, 3.8) is 0 Å². The van der Waals surface area contributed by atoms with E-state index in [0.29, 0.717) is 23.6 Å². The fraction of sp³-hybridized carbons (Fsp3) is 0.261. The standard InChI is InChI=1S/C23H25NO6/c1-3-4-14-29-23(27)18-9-11-19(12-10-18)24-21(25)16-30-22(26)13-8-17-6-5-7-20(15-17)28-2/h5-13,15H,3-4,14,16H2,1-2H3,(H,24,25)/b13-8+. The predicted molar refractivity (Wildman–Crippen MR) is 113 cm³/mol. The summed E-state index contributed by atoms with van der Waals surface area (Å²) < 4.78 is 15.2. The van der Waals surface area contributed by atoms with Gasteiger partial charge in [0.25, 0.3) is 5.91 Å². The number of benzene rings is 2. The first-order chi connectivity index (χ1) is 14.5. The van der Waals surface area contributed by atoms with Crippen molar-refractivity contribution in [2.45, 2.75) is 19.8 Å². The largest absolute Gasteiger partial charge is 0.497 e. The van der Waals surface area contributed by atoms with Crippen LogP contribution in [-0.4, -0.2) is 38.2 Å². The molecule has 0 atom stereocenters. The zero-order chi connectivity index (χ0) is 21.8. The third-order valence-electron chi connectivity index (χ3n) is 3.99. The summed E-state index contributed by atoms with van der Waals surface area (Å²) in [6.45, 7) is 1.97. The molecule has 2 aromatic carbocycles. The van der Waals surface area contributed by atoms with Crippen molar-refractivity contribution in [1.29, 1.82) is 0 Å². The van der Waals surface area contributed by atoms with Crippen molar-refractivity contribution in [2.24, 2.45) is 0 Å². The maximum absolute atomic E-state index is 11.9. The van der Waals surface area contributed by atoms with Crippen LogP contribution in [0.25, 0.3) is 6.08 Å². The normalized spacial score (nSPS) is 10.5. The summed E-state index contributed by atoms with van der Waals surface area (Å²) in [5.74, 6) is -0.863. The van der Waals surface area contributed by atoms with Gasteiger partial charge in [0.05, 0.1) is 19.3 Å². The van der Waals surface area contributed by atoms with E-state index in [4.69, 9.17) is 14.2 Å². The maximum atomic E-state index is 11.9. The molecule has 0 unspecified atom stereocenters. The van der Waals surface area contributed by atoms with Gasteiger partial charge in [0.15, 0.2) is 6.61 Å². The number of amides is 1. The Hall–Kier alpha value is -3.61. The second-order valence-corrected chi connectivity index (χ2v) is 6.33. The van der Waals surface area contributed by atoms with Gasteiger partial charge in [-0.2, -0.15) is 0 Å². The highest BCUT2D eigenvalue weighted by molar-refractivity contribution is 5.95. The van der Waals surface area contributed by atoms with Crippen molar-refractivity contribution in [1.82, 2.24) is 0 Å². The Morgan fingerprint density at radius 1 is 1.03 bits per heavy atom. The van der Waals surface area contributed by atoms with E-state index in [2.05, 4.69) is 5.32 Å². The lowest BCUT2D eigenvalue weighted by atomic mass is 10.2. The molecule has 0 aliphatic heterocycles. The summed E-state index contributed by atoms with van der Waals surface area (Å²) in [5, 5.41) is 2.60. The van der Waals surface area contributed by atoms with Crippen molar-refractivity contribution >= 4 is 29.6 Å². The van der Waals surface area contributed by atoms with E-state index >= 15 is 0 Å². The third-order valence-corrected chi connectivity index (χ3v) is 3.99. The first-order valence-corrected chi connectivity index (χ1v) is 9.57. The predicted octanol–water partition coefficient (Wildman–Crippen LogP) is 3.85. The number of anilines is 1. The summed E-state index contributed by atoms with van der Waals surface area (Å²) >= 11 is 0. The van der Waals surface area contributed by atoms with E-state index in [1.807, 2.05) is 13.0 Å². The number of methoxy groups -OCH3 is 1. The van der Waals surface area contributed by atoms with Crippen molar-refractivity contribution in [3.05, 3.63) is 65.7 Å². The summed E-state index contributed by atoms with van der Waals surface area (Å²) in [6, 6.07) is 13.5. The van der Waals surface area contributed by atoms with E-state index < -0.39 is 24.5 Å². The Kier molecular flexibility index (Phi) is 9.12. The lowest BCUT2D eigenvalue weighted by molar-refractivity contribution is -0.142. The second-order valence-electron chi connectivity index (χ2n) is 6.33. The third kappa shape index (κ3) is 7.79. The average molecular weight is 411 g/mol. The molecule has 0 saturated heterocycles. The number of hydrogen-bond donors (Lipinski definition) is 1. The molecule has 158 valence electrons. The molecule has 0 aliphatic rings. The Morgan fingerprint density at radius 3 is 2.50 bits per heavy atom. The van der Waals surface area contributed by atoms with E-state index in [1.165, 1.54) is 6.08 Å². The van der Waals surface area contributed by atoms with Gasteiger partial charge in [-0.25, -0.2) is 9.59 Å². The number of carbonyl (C=O) groups excluding carboxylic acids is 3. The monoisotopic (exact) mass is 411 g/mol. The fourth-order valence-corrected chi connectivity index (χ4v) is 2.37. The molecule has 2 rings (SSSR count). The van der Waals surface area contributed by atoms with Crippen LogP contribution in [0.3, 0.4) is 0 Å². The topological polar surface area (TPSA) is 90.9 Å². The Labute approximate surface area is 175 Å². The first-order valence-electron chi connectivity index (χ1n) is 9.57. The number of rotatable bonds is 10. The summed E-state index contributed by atoms with van der Waals surface area (Å²) in [5.41, 5.74) is 1.65. The van der Waals surface area contributed by atoms with Gasteiger partial charge in [0.1, 0.15) is 5.75 Å². The van der Waals surface area contributed by atoms with Gasteiger partial charge in [-0.05, 0) is 54.5 Å². The molecular weight excluding hydrogens is 386 g/mol. The molecule has 1 N–H and O–H groups in total. The number of hydrogen-bond acceptors (Lipinski definition) is 6. The molecule has 1 amide bonds. The zero-order valence-corrected chi connectivity index (χ0v) is 17.1. The molecular formula is C23H25NO6. The smallest absolute Gasteiger partial charge is 0.338 e. The number of unbranched alkanes of at least 4 members (excludes halogenated alkanes) is 1. The average Bonchev–Trinajstić information content (AvgIpc) is 2.77. The van der Waals surface area contributed by atoms with Crippen molar-refractivity contribution in [3.8, 4) is 5.75 Å². The first kappa shape index (κ1) is 22.7. The molecule has 7 nitrogen and oxygen atoms in total. The van der Waals surface area contributed by atoms with E-state index in [0.717, 1.165) is 18.4 Å². The Bertz CT molecular complexity index is 889. The minimum absolute atomic E-state index is 0.380. The van der Waals surface area contributed by atoms with Crippen LogP contribution in [0, 0.1) is 0 Å². The molecule has 0 radical (unpaired) electrons. The fourth-order valence-electron chi connectivity index (χ4n) is 2.37. The second kappa shape index (κ2) is 12.1. The molecule has 0 bridgehead atoms. The van der Waals surface area contributed by atoms with Crippen LogP contribution in [0.2, 0.25) is 0 Å². The van der Waals surface area contributed by atoms with Crippen LogP contribution in [-0.2, 0) is 19.1 Å². The van der Waals surface area contributed by atoms with Crippen molar-refractivity contribution < 1.29 is 28.6 Å². The van der Waals surface area contributed by atoms with Crippen LogP contribution >= 0.6 is 0 Å². The quantitative estimate of drug-likeness (QED) is 0.363. The SMILES string of the molecule is CCCCOC(=O)c1ccc(NC(=O)COC(=O)/C=C/c2cccc(OC)c2)cc1. The van der Waals surface area contributed by atoms with Gasteiger partial charge in [0, 0.05) is 11.8 Å². The molecule has 0 saturated carbocycles. The van der Waals surface area contributed by atoms with Gasteiger partial charge >= 0.3 is 11.9 Å². The Balaban J connectivity index is 1.77. The lowest BCUT2D eigenvalue weighted by Crippen LogP contribution is -2.20. The van der Waals surface area contributed by atoms with Gasteiger partial charge in [-0.1, -0.05) is 25.5 Å².